The standard InChI is InChI=1S/C13H20N2O2/c1-3-9(2)12(14)13(17)15-8-10-6-4-5-7-11(10)16/h4-7,9,12,16H,3,8,14H2,1-2H3,(H,15,17)/t9?,12-/m0/s1. The SMILES string of the molecule is CCC(C)[C@H](N)C(=O)NCc1ccccc1O. The Labute approximate surface area is 102 Å². The van der Waals surface area contributed by atoms with Crippen LogP contribution in [0.5, 0.6) is 5.75 Å². The second-order valence-electron chi connectivity index (χ2n) is 4.26. The van der Waals surface area contributed by atoms with Gasteiger partial charge in [0.1, 0.15) is 5.75 Å². The summed E-state index contributed by atoms with van der Waals surface area (Å²) in [6, 6.07) is 6.42. The first-order valence-electron chi connectivity index (χ1n) is 5.86. The maximum absolute atomic E-state index is 11.7. The number of para-hydroxylation sites is 1. The number of phenolic OH excluding ortho intramolecular Hbond substituents is 1. The van der Waals surface area contributed by atoms with Gasteiger partial charge in [0, 0.05) is 12.1 Å². The molecule has 17 heavy (non-hydrogen) atoms. The lowest BCUT2D eigenvalue weighted by Crippen LogP contribution is -2.44. The van der Waals surface area contributed by atoms with E-state index in [0.717, 1.165) is 6.42 Å². The van der Waals surface area contributed by atoms with Gasteiger partial charge in [0.15, 0.2) is 0 Å². The van der Waals surface area contributed by atoms with Crippen LogP contribution in [-0.2, 0) is 11.3 Å². The van der Waals surface area contributed by atoms with Gasteiger partial charge >= 0.3 is 0 Å². The summed E-state index contributed by atoms with van der Waals surface area (Å²) in [5.74, 6) is 0.159. The van der Waals surface area contributed by atoms with Gasteiger partial charge in [-0.05, 0) is 12.0 Å². The quantitative estimate of drug-likeness (QED) is 0.723. The zero-order valence-corrected chi connectivity index (χ0v) is 10.3. The summed E-state index contributed by atoms with van der Waals surface area (Å²) in [5, 5.41) is 12.3. The lowest BCUT2D eigenvalue weighted by molar-refractivity contribution is -0.123. The van der Waals surface area contributed by atoms with Crippen LogP contribution in [0.25, 0.3) is 0 Å². The molecule has 0 aromatic heterocycles. The minimum Gasteiger partial charge on any atom is -0.508 e. The van der Waals surface area contributed by atoms with E-state index in [2.05, 4.69) is 5.32 Å². The van der Waals surface area contributed by atoms with E-state index in [9.17, 15) is 9.90 Å². The highest BCUT2D eigenvalue weighted by molar-refractivity contribution is 5.81. The first-order valence-corrected chi connectivity index (χ1v) is 5.86. The van der Waals surface area contributed by atoms with Gasteiger partial charge in [0.25, 0.3) is 0 Å². The van der Waals surface area contributed by atoms with Crippen LogP contribution in [0.1, 0.15) is 25.8 Å². The van der Waals surface area contributed by atoms with Crippen molar-refractivity contribution in [3.05, 3.63) is 29.8 Å². The van der Waals surface area contributed by atoms with E-state index in [1.807, 2.05) is 19.9 Å². The van der Waals surface area contributed by atoms with Crippen LogP contribution >= 0.6 is 0 Å². The number of amides is 1. The number of carbonyl (C=O) groups excluding carboxylic acids is 1. The Morgan fingerprint density at radius 2 is 2.12 bits per heavy atom. The number of rotatable bonds is 5. The number of carbonyl (C=O) groups is 1. The summed E-state index contributed by atoms with van der Waals surface area (Å²) in [6.07, 6.45) is 0.866. The Bertz CT molecular complexity index is 379. The van der Waals surface area contributed by atoms with Gasteiger partial charge in [-0.25, -0.2) is 0 Å². The second kappa shape index (κ2) is 6.25. The van der Waals surface area contributed by atoms with Crippen molar-refractivity contribution in [3.8, 4) is 5.75 Å². The number of hydrogen-bond donors (Lipinski definition) is 3. The molecule has 0 radical (unpaired) electrons. The Balaban J connectivity index is 2.51. The zero-order valence-electron chi connectivity index (χ0n) is 10.3. The third-order valence-electron chi connectivity index (χ3n) is 3.00. The van der Waals surface area contributed by atoms with Crippen molar-refractivity contribution in [2.45, 2.75) is 32.9 Å². The molecule has 0 fully saturated rings. The van der Waals surface area contributed by atoms with Crippen molar-refractivity contribution in [1.82, 2.24) is 5.32 Å². The molecule has 0 saturated heterocycles. The molecule has 1 unspecified atom stereocenters. The number of benzene rings is 1. The maximum atomic E-state index is 11.7. The fourth-order valence-electron chi connectivity index (χ4n) is 1.47. The Kier molecular flexibility index (Phi) is 4.97. The molecule has 0 heterocycles. The molecule has 1 amide bonds. The summed E-state index contributed by atoms with van der Waals surface area (Å²) in [4.78, 5) is 11.7. The first kappa shape index (κ1) is 13.5. The normalized spacial score (nSPS) is 14.1. The van der Waals surface area contributed by atoms with Crippen LogP contribution < -0.4 is 11.1 Å². The largest absolute Gasteiger partial charge is 0.508 e. The Hall–Kier alpha value is -1.55. The molecule has 1 aromatic carbocycles. The van der Waals surface area contributed by atoms with E-state index in [1.54, 1.807) is 18.2 Å². The number of nitrogens with one attached hydrogen (secondary N) is 1. The van der Waals surface area contributed by atoms with Gasteiger partial charge in [-0.15, -0.1) is 0 Å². The zero-order chi connectivity index (χ0) is 12.8. The lowest BCUT2D eigenvalue weighted by atomic mass is 9.99. The molecule has 0 aliphatic heterocycles. The monoisotopic (exact) mass is 236 g/mol. The van der Waals surface area contributed by atoms with Gasteiger partial charge in [0.05, 0.1) is 6.04 Å². The van der Waals surface area contributed by atoms with Gasteiger partial charge in [-0.2, -0.15) is 0 Å². The predicted octanol–water partition coefficient (Wildman–Crippen LogP) is 1.38. The summed E-state index contributed by atoms with van der Waals surface area (Å²) >= 11 is 0. The molecule has 4 N–H and O–H groups in total. The van der Waals surface area contributed by atoms with Crippen LogP contribution in [0.15, 0.2) is 24.3 Å². The highest BCUT2D eigenvalue weighted by Gasteiger charge is 2.18. The Morgan fingerprint density at radius 3 is 2.71 bits per heavy atom. The third-order valence-corrected chi connectivity index (χ3v) is 3.00. The summed E-state index contributed by atoms with van der Waals surface area (Å²) < 4.78 is 0. The highest BCUT2D eigenvalue weighted by Crippen LogP contribution is 2.15. The molecule has 1 rings (SSSR count). The summed E-state index contributed by atoms with van der Waals surface area (Å²) in [7, 11) is 0. The number of nitrogens with two attached hydrogens (primary N) is 1. The molecule has 2 atom stereocenters. The molecule has 0 aliphatic carbocycles. The molecule has 94 valence electrons. The topological polar surface area (TPSA) is 75.4 Å². The average Bonchev–Trinajstić information content (AvgIpc) is 2.35. The van der Waals surface area contributed by atoms with E-state index in [4.69, 9.17) is 5.73 Å². The van der Waals surface area contributed by atoms with Crippen LogP contribution in [-0.4, -0.2) is 17.1 Å². The van der Waals surface area contributed by atoms with Crippen LogP contribution in [0.4, 0.5) is 0 Å². The van der Waals surface area contributed by atoms with Crippen molar-refractivity contribution in [1.29, 1.82) is 0 Å². The van der Waals surface area contributed by atoms with E-state index in [1.165, 1.54) is 0 Å². The van der Waals surface area contributed by atoms with Crippen molar-refractivity contribution in [2.75, 3.05) is 0 Å². The molecule has 0 bridgehead atoms. The van der Waals surface area contributed by atoms with Gasteiger partial charge in [0.2, 0.25) is 5.91 Å². The van der Waals surface area contributed by atoms with E-state index in [-0.39, 0.29) is 17.6 Å². The van der Waals surface area contributed by atoms with E-state index >= 15 is 0 Å². The second-order valence-corrected chi connectivity index (χ2v) is 4.26. The third kappa shape index (κ3) is 3.75. The number of aromatic hydroxyl groups is 1. The van der Waals surface area contributed by atoms with Crippen LogP contribution in [0.2, 0.25) is 0 Å². The summed E-state index contributed by atoms with van der Waals surface area (Å²) in [5.41, 5.74) is 6.49. The lowest BCUT2D eigenvalue weighted by Gasteiger charge is -2.17. The van der Waals surface area contributed by atoms with Gasteiger partial charge < -0.3 is 16.2 Å². The molecule has 4 nitrogen and oxygen atoms in total. The van der Waals surface area contributed by atoms with Gasteiger partial charge in [-0.3, -0.25) is 4.79 Å². The smallest absolute Gasteiger partial charge is 0.237 e. The minimum atomic E-state index is -0.495. The van der Waals surface area contributed by atoms with Crippen molar-refractivity contribution in [2.24, 2.45) is 11.7 Å². The molecule has 0 spiro atoms. The maximum Gasteiger partial charge on any atom is 0.237 e. The molecular formula is C13H20N2O2. The number of hydrogen-bond acceptors (Lipinski definition) is 3. The molecular weight excluding hydrogens is 216 g/mol. The average molecular weight is 236 g/mol. The Morgan fingerprint density at radius 1 is 1.47 bits per heavy atom. The predicted molar refractivity (Wildman–Crippen MR) is 67.4 cm³/mol. The van der Waals surface area contributed by atoms with E-state index < -0.39 is 6.04 Å². The fourth-order valence-corrected chi connectivity index (χ4v) is 1.47. The van der Waals surface area contributed by atoms with Crippen molar-refractivity contribution in [3.63, 3.8) is 0 Å². The molecule has 0 saturated carbocycles. The molecule has 4 heteroatoms. The van der Waals surface area contributed by atoms with Crippen LogP contribution in [0, 0.1) is 5.92 Å². The van der Waals surface area contributed by atoms with Crippen molar-refractivity contribution >= 4 is 5.91 Å². The number of phenols is 1. The minimum absolute atomic E-state index is 0.152. The molecule has 1 aromatic rings. The van der Waals surface area contributed by atoms with E-state index in [0.29, 0.717) is 12.1 Å². The fraction of sp³-hybridized carbons (Fsp3) is 0.462. The highest BCUT2D eigenvalue weighted by atomic mass is 16.3. The molecule has 0 aliphatic rings. The van der Waals surface area contributed by atoms with Crippen molar-refractivity contribution < 1.29 is 9.90 Å². The first-order chi connectivity index (χ1) is 8.06. The van der Waals surface area contributed by atoms with Gasteiger partial charge in [-0.1, -0.05) is 38.5 Å². The summed E-state index contributed by atoms with van der Waals surface area (Å²) in [6.45, 7) is 4.25. The van der Waals surface area contributed by atoms with Crippen LogP contribution in [0.3, 0.4) is 0 Å².